The molecule has 0 N–H and O–H groups in total. The fourth-order valence-electron chi connectivity index (χ4n) is 2.04. The molecular formula is C12H15BrN2O4S. The molecule has 1 aliphatic rings. The predicted molar refractivity (Wildman–Crippen MR) is 77.1 cm³/mol. The summed E-state index contributed by atoms with van der Waals surface area (Å²) in [6, 6.07) is 4.86. The number of hydrogen-bond acceptors (Lipinski definition) is 4. The van der Waals surface area contributed by atoms with Crippen LogP contribution in [0.3, 0.4) is 0 Å². The highest BCUT2D eigenvalue weighted by Crippen LogP contribution is 2.30. The molecule has 0 aliphatic carbocycles. The predicted octanol–water partition coefficient (Wildman–Crippen LogP) is 0.920. The first kappa shape index (κ1) is 15.3. The van der Waals surface area contributed by atoms with Gasteiger partial charge in [-0.3, -0.25) is 4.79 Å². The zero-order valence-electron chi connectivity index (χ0n) is 11.0. The van der Waals surface area contributed by atoms with E-state index in [1.165, 1.54) is 17.5 Å². The second-order valence-corrected chi connectivity index (χ2v) is 7.16. The molecule has 0 saturated carbocycles. The number of benzene rings is 1. The number of carbonyl (C=O) groups excluding carboxylic acids is 1. The minimum absolute atomic E-state index is 0.133. The van der Waals surface area contributed by atoms with E-state index in [4.69, 9.17) is 4.74 Å². The number of rotatable bonds is 4. The fourth-order valence-corrected chi connectivity index (χ4v) is 4.16. The first-order valence-electron chi connectivity index (χ1n) is 6.02. The molecule has 2 rings (SSSR count). The second kappa shape index (κ2) is 6.11. The van der Waals surface area contributed by atoms with E-state index >= 15 is 0 Å². The minimum Gasteiger partial charge on any atom is -0.495 e. The lowest BCUT2D eigenvalue weighted by molar-refractivity contribution is -0.119. The summed E-state index contributed by atoms with van der Waals surface area (Å²) >= 11 is 3.27. The van der Waals surface area contributed by atoms with Crippen molar-refractivity contribution in [3.8, 4) is 5.75 Å². The summed E-state index contributed by atoms with van der Waals surface area (Å²) in [4.78, 5) is 12.4. The Morgan fingerprint density at radius 1 is 1.25 bits per heavy atom. The third-order valence-corrected chi connectivity index (χ3v) is 5.58. The standard InChI is InChI=1S/C12H15BrN2O4S/c1-19-11-3-2-10(13)8-12(11)20(17,18)15-6-4-14(9-16)5-7-15/h2-3,8-9H,4-7H2,1H3. The van der Waals surface area contributed by atoms with Crippen LogP contribution in [0.5, 0.6) is 5.75 Å². The summed E-state index contributed by atoms with van der Waals surface area (Å²) in [6.45, 7) is 1.38. The first-order valence-corrected chi connectivity index (χ1v) is 8.25. The molecule has 0 spiro atoms. The van der Waals surface area contributed by atoms with Crippen LogP contribution in [0.1, 0.15) is 0 Å². The molecule has 1 amide bonds. The van der Waals surface area contributed by atoms with Gasteiger partial charge in [0.2, 0.25) is 16.4 Å². The van der Waals surface area contributed by atoms with Crippen LogP contribution in [0.2, 0.25) is 0 Å². The molecule has 8 heteroatoms. The van der Waals surface area contributed by atoms with Crippen LogP contribution >= 0.6 is 15.9 Å². The normalized spacial score (nSPS) is 17.0. The lowest BCUT2D eigenvalue weighted by Gasteiger charge is -2.32. The monoisotopic (exact) mass is 362 g/mol. The Morgan fingerprint density at radius 2 is 1.90 bits per heavy atom. The second-order valence-electron chi connectivity index (χ2n) is 4.34. The Labute approximate surface area is 126 Å². The maximum absolute atomic E-state index is 12.6. The molecule has 0 bridgehead atoms. The zero-order chi connectivity index (χ0) is 14.8. The number of piperazine rings is 1. The van der Waals surface area contributed by atoms with Crippen molar-refractivity contribution in [1.29, 1.82) is 0 Å². The van der Waals surface area contributed by atoms with Crippen molar-refractivity contribution in [1.82, 2.24) is 9.21 Å². The number of methoxy groups -OCH3 is 1. The quantitative estimate of drug-likeness (QED) is 0.747. The number of ether oxygens (including phenoxy) is 1. The van der Waals surface area contributed by atoms with Crippen molar-refractivity contribution in [3.05, 3.63) is 22.7 Å². The van der Waals surface area contributed by atoms with Gasteiger partial charge in [-0.2, -0.15) is 4.31 Å². The van der Waals surface area contributed by atoms with Crippen molar-refractivity contribution in [2.24, 2.45) is 0 Å². The van der Waals surface area contributed by atoms with Crippen LogP contribution in [0.25, 0.3) is 0 Å². The van der Waals surface area contributed by atoms with Gasteiger partial charge in [0.25, 0.3) is 0 Å². The largest absolute Gasteiger partial charge is 0.495 e. The molecule has 0 atom stereocenters. The van der Waals surface area contributed by atoms with Gasteiger partial charge < -0.3 is 9.64 Å². The van der Waals surface area contributed by atoms with Crippen LogP contribution in [0.4, 0.5) is 0 Å². The number of hydrogen-bond donors (Lipinski definition) is 0. The maximum atomic E-state index is 12.6. The van der Waals surface area contributed by atoms with E-state index in [2.05, 4.69) is 15.9 Å². The molecular weight excluding hydrogens is 348 g/mol. The van der Waals surface area contributed by atoms with Gasteiger partial charge in [0.05, 0.1) is 7.11 Å². The summed E-state index contributed by atoms with van der Waals surface area (Å²) in [7, 11) is -2.19. The van der Waals surface area contributed by atoms with E-state index < -0.39 is 10.0 Å². The van der Waals surface area contributed by atoms with Gasteiger partial charge in [0.1, 0.15) is 10.6 Å². The van der Waals surface area contributed by atoms with Crippen molar-refractivity contribution < 1.29 is 17.9 Å². The highest BCUT2D eigenvalue weighted by molar-refractivity contribution is 9.10. The minimum atomic E-state index is -3.62. The van der Waals surface area contributed by atoms with Crippen LogP contribution in [-0.4, -0.2) is 57.3 Å². The number of amides is 1. The number of nitrogens with zero attached hydrogens (tertiary/aromatic N) is 2. The summed E-state index contributed by atoms with van der Waals surface area (Å²) in [5, 5.41) is 0. The van der Waals surface area contributed by atoms with Gasteiger partial charge >= 0.3 is 0 Å². The molecule has 1 heterocycles. The average Bonchev–Trinajstić information content (AvgIpc) is 2.47. The Bertz CT molecular complexity index is 597. The zero-order valence-corrected chi connectivity index (χ0v) is 13.4. The molecule has 6 nitrogen and oxygen atoms in total. The van der Waals surface area contributed by atoms with E-state index in [0.29, 0.717) is 23.3 Å². The number of halogens is 1. The summed E-state index contributed by atoms with van der Waals surface area (Å²) < 4.78 is 32.4. The smallest absolute Gasteiger partial charge is 0.246 e. The highest BCUT2D eigenvalue weighted by atomic mass is 79.9. The van der Waals surface area contributed by atoms with Crippen molar-refractivity contribution in [2.45, 2.75) is 4.90 Å². The van der Waals surface area contributed by atoms with Crippen molar-refractivity contribution in [3.63, 3.8) is 0 Å². The Hall–Kier alpha value is -1.12. The molecule has 20 heavy (non-hydrogen) atoms. The van der Waals surface area contributed by atoms with Gasteiger partial charge in [0.15, 0.2) is 0 Å². The van der Waals surface area contributed by atoms with Crippen LogP contribution in [0, 0.1) is 0 Å². The molecule has 0 aromatic heterocycles. The average molecular weight is 363 g/mol. The van der Waals surface area contributed by atoms with E-state index in [0.717, 1.165) is 6.41 Å². The Kier molecular flexibility index (Phi) is 4.66. The maximum Gasteiger partial charge on any atom is 0.246 e. The third kappa shape index (κ3) is 2.97. The molecule has 1 aromatic carbocycles. The molecule has 110 valence electrons. The molecule has 0 unspecified atom stereocenters. The van der Waals surface area contributed by atoms with Gasteiger partial charge in [-0.1, -0.05) is 15.9 Å². The van der Waals surface area contributed by atoms with Gasteiger partial charge in [-0.25, -0.2) is 8.42 Å². The molecule has 0 radical (unpaired) electrons. The topological polar surface area (TPSA) is 66.9 Å². The lowest BCUT2D eigenvalue weighted by Crippen LogP contribution is -2.48. The number of sulfonamides is 1. The Morgan fingerprint density at radius 3 is 2.45 bits per heavy atom. The molecule has 1 fully saturated rings. The van der Waals surface area contributed by atoms with Crippen molar-refractivity contribution in [2.75, 3.05) is 33.3 Å². The van der Waals surface area contributed by atoms with E-state index in [9.17, 15) is 13.2 Å². The first-order chi connectivity index (χ1) is 9.48. The number of carbonyl (C=O) groups is 1. The van der Waals surface area contributed by atoms with Crippen LogP contribution in [0.15, 0.2) is 27.6 Å². The SMILES string of the molecule is COc1ccc(Br)cc1S(=O)(=O)N1CCN(C=O)CC1. The van der Waals surface area contributed by atoms with E-state index in [-0.39, 0.29) is 18.0 Å². The van der Waals surface area contributed by atoms with Crippen LogP contribution in [-0.2, 0) is 14.8 Å². The highest BCUT2D eigenvalue weighted by Gasteiger charge is 2.30. The summed E-state index contributed by atoms with van der Waals surface area (Å²) in [6.07, 6.45) is 0.740. The van der Waals surface area contributed by atoms with Gasteiger partial charge in [-0.15, -0.1) is 0 Å². The lowest BCUT2D eigenvalue weighted by atomic mass is 10.3. The third-order valence-electron chi connectivity index (χ3n) is 3.17. The molecule has 1 saturated heterocycles. The van der Waals surface area contributed by atoms with Crippen molar-refractivity contribution >= 4 is 32.4 Å². The molecule has 1 aliphatic heterocycles. The van der Waals surface area contributed by atoms with Crippen LogP contribution < -0.4 is 4.74 Å². The fraction of sp³-hybridized carbons (Fsp3) is 0.417. The van der Waals surface area contributed by atoms with E-state index in [1.54, 1.807) is 17.0 Å². The summed E-state index contributed by atoms with van der Waals surface area (Å²) in [5.41, 5.74) is 0. The van der Waals surface area contributed by atoms with Gasteiger partial charge in [0, 0.05) is 30.7 Å². The van der Waals surface area contributed by atoms with Gasteiger partial charge in [-0.05, 0) is 18.2 Å². The summed E-state index contributed by atoms with van der Waals surface area (Å²) in [5.74, 6) is 0.311. The Balaban J connectivity index is 2.31. The van der Waals surface area contributed by atoms with E-state index in [1.807, 2.05) is 0 Å². The molecule has 1 aromatic rings.